The maximum atomic E-state index is 2.55. The number of hydrogen-bond donors (Lipinski definition) is 0. The molecule has 0 N–H and O–H groups in total. The molecule has 0 radical (unpaired) electrons. The number of nitrogens with zero attached hydrogens (tertiary/aromatic N) is 1. The van der Waals surface area contributed by atoms with Gasteiger partial charge in [-0.3, -0.25) is 0 Å². The minimum Gasteiger partial charge on any atom is -0.303 e. The molecule has 1 nitrogen and oxygen atoms in total. The molecule has 1 heterocycles. The summed E-state index contributed by atoms with van der Waals surface area (Å²) in [6.07, 6.45) is 4.17. The van der Waals surface area contributed by atoms with E-state index in [1.165, 1.54) is 38.9 Å². The van der Waals surface area contributed by atoms with Gasteiger partial charge >= 0.3 is 0 Å². The largest absolute Gasteiger partial charge is 0.303 e. The fourth-order valence-corrected chi connectivity index (χ4v) is 1.44. The third-order valence-corrected chi connectivity index (χ3v) is 2.35. The Hall–Kier alpha value is -0.0400. The highest BCUT2D eigenvalue weighted by molar-refractivity contribution is 4.69. The summed E-state index contributed by atoms with van der Waals surface area (Å²) < 4.78 is 0. The van der Waals surface area contributed by atoms with Gasteiger partial charge in [0.25, 0.3) is 0 Å². The van der Waals surface area contributed by atoms with Gasteiger partial charge in [0, 0.05) is 0 Å². The molecule has 0 aliphatic carbocycles. The van der Waals surface area contributed by atoms with E-state index in [-0.39, 0.29) is 0 Å². The molecule has 0 saturated carbocycles. The zero-order valence-electron chi connectivity index (χ0n) is 8.19. The van der Waals surface area contributed by atoms with Gasteiger partial charge in [0.05, 0.1) is 0 Å². The van der Waals surface area contributed by atoms with Crippen molar-refractivity contribution in [2.24, 2.45) is 5.41 Å². The molecule has 1 aliphatic rings. The SMILES string of the molecule is CC(C)(C)CCCN1CCC1. The molecule has 1 rings (SSSR count). The molecule has 1 heteroatoms. The number of likely N-dealkylation sites (tertiary alicyclic amines) is 1. The second-order valence-electron chi connectivity index (χ2n) is 4.86. The van der Waals surface area contributed by atoms with Gasteiger partial charge in [0.1, 0.15) is 0 Å². The van der Waals surface area contributed by atoms with E-state index in [0.717, 1.165) is 0 Å². The Labute approximate surface area is 70.8 Å². The quantitative estimate of drug-likeness (QED) is 0.605. The summed E-state index contributed by atoms with van der Waals surface area (Å²) in [6.45, 7) is 11.0. The van der Waals surface area contributed by atoms with E-state index in [1.807, 2.05) is 0 Å². The van der Waals surface area contributed by atoms with E-state index in [9.17, 15) is 0 Å². The zero-order valence-corrected chi connectivity index (χ0v) is 8.19. The molecule has 0 aromatic heterocycles. The van der Waals surface area contributed by atoms with Crippen molar-refractivity contribution < 1.29 is 0 Å². The van der Waals surface area contributed by atoms with Gasteiger partial charge in [-0.1, -0.05) is 20.8 Å². The Morgan fingerprint density at radius 3 is 2.18 bits per heavy atom. The molecule has 1 saturated heterocycles. The lowest BCUT2D eigenvalue weighted by molar-refractivity contribution is 0.170. The van der Waals surface area contributed by atoms with Crippen LogP contribution in [0.15, 0.2) is 0 Å². The van der Waals surface area contributed by atoms with Crippen molar-refractivity contribution in [1.82, 2.24) is 4.90 Å². The minimum absolute atomic E-state index is 0.533. The van der Waals surface area contributed by atoms with Gasteiger partial charge in [-0.05, 0) is 44.3 Å². The maximum Gasteiger partial charge on any atom is -0.000654 e. The average molecular weight is 155 g/mol. The van der Waals surface area contributed by atoms with Gasteiger partial charge in [0.15, 0.2) is 0 Å². The number of hydrogen-bond acceptors (Lipinski definition) is 1. The van der Waals surface area contributed by atoms with Crippen LogP contribution in [-0.4, -0.2) is 24.5 Å². The topological polar surface area (TPSA) is 3.24 Å². The van der Waals surface area contributed by atoms with Crippen molar-refractivity contribution in [2.75, 3.05) is 19.6 Å². The Morgan fingerprint density at radius 1 is 1.18 bits per heavy atom. The summed E-state index contributed by atoms with van der Waals surface area (Å²) in [4.78, 5) is 2.55. The molecular weight excluding hydrogens is 134 g/mol. The van der Waals surface area contributed by atoms with Crippen LogP contribution in [0.4, 0.5) is 0 Å². The predicted molar refractivity (Wildman–Crippen MR) is 49.7 cm³/mol. The molecule has 0 amide bonds. The first-order valence-electron chi connectivity index (χ1n) is 4.80. The standard InChI is InChI=1S/C10H21N/c1-10(2,3)6-4-7-11-8-5-9-11/h4-9H2,1-3H3. The van der Waals surface area contributed by atoms with Crippen molar-refractivity contribution in [3.05, 3.63) is 0 Å². The molecule has 0 aromatic rings. The normalized spacial score (nSPS) is 19.9. The molecule has 1 fully saturated rings. The van der Waals surface area contributed by atoms with Gasteiger partial charge < -0.3 is 4.90 Å². The first-order chi connectivity index (χ1) is 5.08. The molecule has 0 spiro atoms. The summed E-state index contributed by atoms with van der Waals surface area (Å²) in [5, 5.41) is 0. The highest BCUT2D eigenvalue weighted by Gasteiger charge is 2.15. The van der Waals surface area contributed by atoms with Crippen molar-refractivity contribution in [2.45, 2.75) is 40.0 Å². The van der Waals surface area contributed by atoms with Crippen LogP contribution in [-0.2, 0) is 0 Å². The van der Waals surface area contributed by atoms with Crippen LogP contribution in [0.2, 0.25) is 0 Å². The highest BCUT2D eigenvalue weighted by Crippen LogP contribution is 2.21. The van der Waals surface area contributed by atoms with Crippen LogP contribution in [0, 0.1) is 5.41 Å². The van der Waals surface area contributed by atoms with Crippen LogP contribution < -0.4 is 0 Å². The Bertz CT molecular complexity index is 109. The van der Waals surface area contributed by atoms with Gasteiger partial charge in [-0.2, -0.15) is 0 Å². The molecule has 0 aromatic carbocycles. The summed E-state index contributed by atoms with van der Waals surface area (Å²) in [6, 6.07) is 0. The van der Waals surface area contributed by atoms with E-state index in [2.05, 4.69) is 25.7 Å². The van der Waals surface area contributed by atoms with Crippen molar-refractivity contribution in [1.29, 1.82) is 0 Å². The third-order valence-electron chi connectivity index (χ3n) is 2.35. The van der Waals surface area contributed by atoms with Crippen molar-refractivity contribution in [3.8, 4) is 0 Å². The highest BCUT2D eigenvalue weighted by atomic mass is 15.2. The monoisotopic (exact) mass is 155 g/mol. The van der Waals surface area contributed by atoms with E-state index in [1.54, 1.807) is 0 Å². The summed E-state index contributed by atoms with van der Waals surface area (Å²) in [5.41, 5.74) is 0.533. The summed E-state index contributed by atoms with van der Waals surface area (Å²) in [5.74, 6) is 0. The Kier molecular flexibility index (Phi) is 2.94. The van der Waals surface area contributed by atoms with Crippen LogP contribution in [0.5, 0.6) is 0 Å². The Morgan fingerprint density at radius 2 is 1.82 bits per heavy atom. The van der Waals surface area contributed by atoms with Crippen LogP contribution in [0.25, 0.3) is 0 Å². The molecular formula is C10H21N. The van der Waals surface area contributed by atoms with Crippen molar-refractivity contribution in [3.63, 3.8) is 0 Å². The van der Waals surface area contributed by atoms with E-state index < -0.39 is 0 Å². The predicted octanol–water partition coefficient (Wildman–Crippen LogP) is 2.52. The molecule has 0 atom stereocenters. The second kappa shape index (κ2) is 3.57. The van der Waals surface area contributed by atoms with Crippen LogP contribution >= 0.6 is 0 Å². The molecule has 0 unspecified atom stereocenters. The summed E-state index contributed by atoms with van der Waals surface area (Å²) >= 11 is 0. The van der Waals surface area contributed by atoms with Crippen LogP contribution in [0.3, 0.4) is 0 Å². The van der Waals surface area contributed by atoms with E-state index >= 15 is 0 Å². The molecule has 0 bridgehead atoms. The van der Waals surface area contributed by atoms with Crippen LogP contribution in [0.1, 0.15) is 40.0 Å². The van der Waals surface area contributed by atoms with Gasteiger partial charge in [-0.25, -0.2) is 0 Å². The first kappa shape index (κ1) is 9.05. The smallest absolute Gasteiger partial charge is 0.000654 e. The molecule has 11 heavy (non-hydrogen) atoms. The first-order valence-corrected chi connectivity index (χ1v) is 4.80. The minimum atomic E-state index is 0.533. The maximum absolute atomic E-state index is 2.55. The third kappa shape index (κ3) is 3.76. The molecule has 1 aliphatic heterocycles. The lowest BCUT2D eigenvalue weighted by Gasteiger charge is -2.31. The van der Waals surface area contributed by atoms with E-state index in [4.69, 9.17) is 0 Å². The summed E-state index contributed by atoms with van der Waals surface area (Å²) in [7, 11) is 0. The second-order valence-corrected chi connectivity index (χ2v) is 4.86. The van der Waals surface area contributed by atoms with Crippen molar-refractivity contribution >= 4 is 0 Å². The average Bonchev–Trinajstić information content (AvgIpc) is 1.73. The molecule has 66 valence electrons. The lowest BCUT2D eigenvalue weighted by Crippen LogP contribution is -2.37. The van der Waals surface area contributed by atoms with Gasteiger partial charge in [-0.15, -0.1) is 0 Å². The number of rotatable bonds is 3. The van der Waals surface area contributed by atoms with Gasteiger partial charge in [0.2, 0.25) is 0 Å². The lowest BCUT2D eigenvalue weighted by atomic mass is 9.90. The fraction of sp³-hybridized carbons (Fsp3) is 1.00. The van der Waals surface area contributed by atoms with E-state index in [0.29, 0.717) is 5.41 Å². The fourth-order valence-electron chi connectivity index (χ4n) is 1.44. The Balaban J connectivity index is 1.95. The zero-order chi connectivity index (χ0) is 8.32.